The van der Waals surface area contributed by atoms with Crippen molar-refractivity contribution in [1.82, 2.24) is 10.1 Å². The molecule has 0 aliphatic heterocycles. The summed E-state index contributed by atoms with van der Waals surface area (Å²) >= 11 is 0. The van der Waals surface area contributed by atoms with Crippen LogP contribution >= 0.6 is 0 Å². The van der Waals surface area contributed by atoms with Crippen molar-refractivity contribution >= 4 is 5.69 Å². The Morgan fingerprint density at radius 2 is 2.05 bits per heavy atom. The van der Waals surface area contributed by atoms with Crippen LogP contribution in [0.2, 0.25) is 0 Å². The van der Waals surface area contributed by atoms with Crippen LogP contribution in [-0.4, -0.2) is 16.7 Å². The van der Waals surface area contributed by atoms with Crippen molar-refractivity contribution in [3.05, 3.63) is 29.6 Å². The number of benzene rings is 1. The molecule has 1 aromatic carbocycles. The second kappa shape index (κ2) is 5.85. The summed E-state index contributed by atoms with van der Waals surface area (Å²) < 4.78 is 11.2. The molecule has 1 unspecified atom stereocenters. The summed E-state index contributed by atoms with van der Waals surface area (Å²) in [5.74, 6) is 1.07. The number of hydrogen-bond donors (Lipinski definition) is 1. The standard InChI is InChI=1S/C16H23N3O2/c1-6-20-13(16(3,4)5)14-18-15(21-19-14)11-7-8-12(17)10(2)9-11/h7-9,13H,6,17H2,1-5H3. The summed E-state index contributed by atoms with van der Waals surface area (Å²) in [4.78, 5) is 4.49. The highest BCUT2D eigenvalue weighted by atomic mass is 16.5. The molecule has 5 heteroatoms. The van der Waals surface area contributed by atoms with Gasteiger partial charge in [0, 0.05) is 17.9 Å². The molecule has 0 saturated carbocycles. The molecule has 2 N–H and O–H groups in total. The molecule has 0 amide bonds. The number of aryl methyl sites for hydroxylation is 1. The number of nitrogens with two attached hydrogens (primary N) is 1. The zero-order valence-corrected chi connectivity index (χ0v) is 13.3. The average molecular weight is 289 g/mol. The van der Waals surface area contributed by atoms with Gasteiger partial charge in [-0.25, -0.2) is 0 Å². The molecule has 2 rings (SSSR count). The summed E-state index contributed by atoms with van der Waals surface area (Å²) in [7, 11) is 0. The van der Waals surface area contributed by atoms with Gasteiger partial charge < -0.3 is 15.0 Å². The van der Waals surface area contributed by atoms with E-state index in [4.69, 9.17) is 15.0 Å². The van der Waals surface area contributed by atoms with Crippen LogP contribution in [-0.2, 0) is 4.74 Å². The predicted molar refractivity (Wildman–Crippen MR) is 82.7 cm³/mol. The van der Waals surface area contributed by atoms with Gasteiger partial charge in [-0.15, -0.1) is 0 Å². The number of hydrogen-bond acceptors (Lipinski definition) is 5. The van der Waals surface area contributed by atoms with Crippen molar-refractivity contribution in [3.63, 3.8) is 0 Å². The molecule has 0 spiro atoms. The zero-order chi connectivity index (χ0) is 15.6. The van der Waals surface area contributed by atoms with Gasteiger partial charge in [-0.05, 0) is 43.0 Å². The van der Waals surface area contributed by atoms with Crippen LogP contribution in [0.3, 0.4) is 0 Å². The Hall–Kier alpha value is -1.88. The van der Waals surface area contributed by atoms with Gasteiger partial charge in [-0.2, -0.15) is 4.98 Å². The third-order valence-electron chi connectivity index (χ3n) is 3.31. The summed E-state index contributed by atoms with van der Waals surface area (Å²) in [6.07, 6.45) is -0.199. The molecule has 1 heterocycles. The van der Waals surface area contributed by atoms with E-state index in [2.05, 4.69) is 30.9 Å². The van der Waals surface area contributed by atoms with Crippen LogP contribution < -0.4 is 5.73 Å². The maximum Gasteiger partial charge on any atom is 0.258 e. The Morgan fingerprint density at radius 3 is 2.62 bits per heavy atom. The molecule has 21 heavy (non-hydrogen) atoms. The highest BCUT2D eigenvalue weighted by molar-refractivity contribution is 5.60. The molecule has 1 aromatic heterocycles. The molecular formula is C16H23N3O2. The summed E-state index contributed by atoms with van der Waals surface area (Å²) in [5.41, 5.74) is 8.33. The number of anilines is 1. The highest BCUT2D eigenvalue weighted by Gasteiger charge is 2.31. The maximum absolute atomic E-state index is 5.83. The quantitative estimate of drug-likeness (QED) is 0.868. The largest absolute Gasteiger partial charge is 0.399 e. The van der Waals surface area contributed by atoms with E-state index in [1.807, 2.05) is 32.0 Å². The molecule has 0 aliphatic rings. The third-order valence-corrected chi connectivity index (χ3v) is 3.31. The molecule has 0 fully saturated rings. The van der Waals surface area contributed by atoms with Gasteiger partial charge in [0.2, 0.25) is 5.82 Å². The lowest BCUT2D eigenvalue weighted by atomic mass is 9.88. The minimum Gasteiger partial charge on any atom is -0.399 e. The zero-order valence-electron chi connectivity index (χ0n) is 13.3. The van der Waals surface area contributed by atoms with Crippen molar-refractivity contribution in [2.24, 2.45) is 5.41 Å². The number of ether oxygens (including phenoxy) is 1. The molecule has 114 valence electrons. The van der Waals surface area contributed by atoms with E-state index in [1.165, 1.54) is 0 Å². The van der Waals surface area contributed by atoms with Crippen LogP contribution in [0.4, 0.5) is 5.69 Å². The minimum atomic E-state index is -0.199. The predicted octanol–water partition coefficient (Wildman–Crippen LogP) is 3.75. The topological polar surface area (TPSA) is 74.2 Å². The third kappa shape index (κ3) is 3.42. The number of aromatic nitrogens is 2. The van der Waals surface area contributed by atoms with E-state index in [-0.39, 0.29) is 11.5 Å². The monoisotopic (exact) mass is 289 g/mol. The van der Waals surface area contributed by atoms with Crippen molar-refractivity contribution in [2.45, 2.75) is 40.7 Å². The first-order valence-electron chi connectivity index (χ1n) is 7.14. The molecule has 0 bridgehead atoms. The average Bonchev–Trinajstić information content (AvgIpc) is 2.87. The van der Waals surface area contributed by atoms with Crippen molar-refractivity contribution in [1.29, 1.82) is 0 Å². The lowest BCUT2D eigenvalue weighted by Crippen LogP contribution is -2.22. The fraction of sp³-hybridized carbons (Fsp3) is 0.500. The molecule has 0 radical (unpaired) electrons. The summed E-state index contributed by atoms with van der Waals surface area (Å²) in [5, 5.41) is 4.09. The summed E-state index contributed by atoms with van der Waals surface area (Å²) in [6, 6.07) is 5.67. The molecule has 5 nitrogen and oxygen atoms in total. The Labute approximate surface area is 125 Å². The first-order chi connectivity index (χ1) is 9.82. The lowest BCUT2D eigenvalue weighted by Gasteiger charge is -2.27. The molecular weight excluding hydrogens is 266 g/mol. The number of nitrogens with zero attached hydrogens (tertiary/aromatic N) is 2. The van der Waals surface area contributed by atoms with Gasteiger partial charge in [-0.3, -0.25) is 0 Å². The Kier molecular flexibility index (Phi) is 4.32. The fourth-order valence-corrected chi connectivity index (χ4v) is 2.15. The van der Waals surface area contributed by atoms with Gasteiger partial charge in [0.05, 0.1) is 0 Å². The SMILES string of the molecule is CCOC(c1noc(-c2ccc(N)c(C)c2)n1)C(C)(C)C. The normalized spacial score (nSPS) is 13.4. The second-order valence-corrected chi connectivity index (χ2v) is 6.23. The second-order valence-electron chi connectivity index (χ2n) is 6.23. The smallest absolute Gasteiger partial charge is 0.258 e. The Bertz CT molecular complexity index is 614. The molecule has 2 aromatic rings. The van der Waals surface area contributed by atoms with E-state index in [0.717, 1.165) is 16.8 Å². The van der Waals surface area contributed by atoms with Gasteiger partial charge in [0.25, 0.3) is 5.89 Å². The molecule has 0 saturated heterocycles. The molecule has 1 atom stereocenters. The fourth-order valence-electron chi connectivity index (χ4n) is 2.15. The van der Waals surface area contributed by atoms with Crippen molar-refractivity contribution in [3.8, 4) is 11.5 Å². The van der Waals surface area contributed by atoms with Crippen LogP contribution in [0.25, 0.3) is 11.5 Å². The van der Waals surface area contributed by atoms with Crippen molar-refractivity contribution in [2.75, 3.05) is 12.3 Å². The maximum atomic E-state index is 5.83. The van der Waals surface area contributed by atoms with Gasteiger partial charge in [0.15, 0.2) is 0 Å². The highest BCUT2D eigenvalue weighted by Crippen LogP contribution is 2.35. The van der Waals surface area contributed by atoms with Gasteiger partial charge in [0.1, 0.15) is 6.10 Å². The van der Waals surface area contributed by atoms with Crippen molar-refractivity contribution < 1.29 is 9.26 Å². The number of nitrogen functional groups attached to an aromatic ring is 1. The first kappa shape index (κ1) is 15.5. The van der Waals surface area contributed by atoms with Crippen LogP contribution in [0, 0.1) is 12.3 Å². The van der Waals surface area contributed by atoms with E-state index < -0.39 is 0 Å². The Balaban J connectivity index is 2.33. The molecule has 0 aliphatic carbocycles. The Morgan fingerprint density at radius 1 is 1.33 bits per heavy atom. The first-order valence-corrected chi connectivity index (χ1v) is 7.14. The summed E-state index contributed by atoms with van der Waals surface area (Å²) in [6.45, 7) is 10.8. The number of rotatable bonds is 4. The van der Waals surface area contributed by atoms with Gasteiger partial charge >= 0.3 is 0 Å². The van der Waals surface area contributed by atoms with E-state index in [1.54, 1.807) is 0 Å². The lowest BCUT2D eigenvalue weighted by molar-refractivity contribution is -0.0203. The van der Waals surface area contributed by atoms with Crippen LogP contribution in [0.1, 0.15) is 45.2 Å². The minimum absolute atomic E-state index is 0.103. The van der Waals surface area contributed by atoms with Gasteiger partial charge in [-0.1, -0.05) is 25.9 Å². The van der Waals surface area contributed by atoms with E-state index in [0.29, 0.717) is 18.3 Å². The van der Waals surface area contributed by atoms with E-state index in [9.17, 15) is 0 Å². The van der Waals surface area contributed by atoms with Crippen LogP contribution in [0.15, 0.2) is 22.7 Å². The van der Waals surface area contributed by atoms with E-state index >= 15 is 0 Å². The van der Waals surface area contributed by atoms with Crippen LogP contribution in [0.5, 0.6) is 0 Å².